The highest BCUT2D eigenvalue weighted by molar-refractivity contribution is 7.88. The lowest BCUT2D eigenvalue weighted by Gasteiger charge is -2.34. The van der Waals surface area contributed by atoms with Crippen LogP contribution in [0.1, 0.15) is 35.8 Å². The number of ether oxygens (including phenoxy) is 1. The van der Waals surface area contributed by atoms with Crippen LogP contribution in [0, 0.1) is 18.6 Å². The Labute approximate surface area is 303 Å². The lowest BCUT2D eigenvalue weighted by atomic mass is 10.2. The number of aryl methyl sites for hydroxylation is 1. The molecule has 1 aliphatic rings. The molecule has 0 unspecified atom stereocenters. The number of carbonyl (C=O) groups excluding carboxylic acids is 1. The monoisotopic (exact) mass is 746 g/mol. The second-order valence-electron chi connectivity index (χ2n) is 12.7. The molecule has 2 N–H and O–H groups in total. The maximum absolute atomic E-state index is 15.3. The number of hydrogen-bond donors (Lipinski definition) is 2. The minimum atomic E-state index is -3.27. The Hall–Kier alpha value is -5.94. The summed E-state index contributed by atoms with van der Waals surface area (Å²) in [5.41, 5.74) is -1.00. The Bertz CT molecular complexity index is 2410. The van der Waals surface area contributed by atoms with Gasteiger partial charge in [0.1, 0.15) is 34.6 Å². The van der Waals surface area contributed by atoms with Crippen LogP contribution in [0.5, 0.6) is 11.5 Å². The molecule has 1 fully saturated rings. The first-order valence-corrected chi connectivity index (χ1v) is 18.4. The van der Waals surface area contributed by atoms with E-state index in [1.54, 1.807) is 19.9 Å². The van der Waals surface area contributed by atoms with E-state index >= 15 is 4.39 Å². The summed E-state index contributed by atoms with van der Waals surface area (Å²) in [7, 11) is -3.27. The van der Waals surface area contributed by atoms with Crippen LogP contribution in [-0.4, -0.2) is 70.2 Å². The molecule has 1 amide bonds. The predicted molar refractivity (Wildman–Crippen MR) is 196 cm³/mol. The van der Waals surface area contributed by atoms with Gasteiger partial charge in [0.05, 0.1) is 11.9 Å². The number of nitrogens with zero attached hydrogens (tertiary/aromatic N) is 6. The van der Waals surface area contributed by atoms with Gasteiger partial charge in [-0.05, 0) is 80.9 Å². The number of anilines is 4. The zero-order valence-electron chi connectivity index (χ0n) is 29.2. The van der Waals surface area contributed by atoms with E-state index in [1.807, 2.05) is 24.0 Å². The van der Waals surface area contributed by atoms with Crippen LogP contribution in [0.2, 0.25) is 0 Å². The highest BCUT2D eigenvalue weighted by Gasteiger charge is 2.25. The van der Waals surface area contributed by atoms with Gasteiger partial charge in [0.25, 0.3) is 11.5 Å². The number of carbonyl (C=O) groups is 1. The van der Waals surface area contributed by atoms with E-state index in [0.717, 1.165) is 34.5 Å². The van der Waals surface area contributed by atoms with Crippen LogP contribution >= 0.6 is 0 Å². The standard InChI is InChI=1S/C36H36F2N8O6S/c1-22(2)45-21-28(35(48)46(36(45)49)26-8-5-24(37)6-9-26)34(47)40-25-7-10-30(29(38)19-25)52-27-11-12-39-31(20-27)41-32-17-23(3)18-33(42-32)43-13-15-44(16-14-43)53(4,50)51/h5-12,17-22H,13-16H2,1-4H3,(H,40,47)(H,39,41,42). The first-order valence-electron chi connectivity index (χ1n) is 16.5. The largest absolute Gasteiger partial charge is 0.454 e. The van der Waals surface area contributed by atoms with Gasteiger partial charge in [0, 0.05) is 62.4 Å². The fourth-order valence-electron chi connectivity index (χ4n) is 5.70. The average molecular weight is 747 g/mol. The molecule has 0 bridgehead atoms. The molecule has 5 aromatic rings. The highest BCUT2D eigenvalue weighted by atomic mass is 32.2. The average Bonchev–Trinajstić information content (AvgIpc) is 3.10. The summed E-state index contributed by atoms with van der Waals surface area (Å²) in [6.07, 6.45) is 3.81. The van der Waals surface area contributed by atoms with Gasteiger partial charge < -0.3 is 20.3 Å². The van der Waals surface area contributed by atoms with Crippen LogP contribution < -0.4 is 31.5 Å². The third-order valence-electron chi connectivity index (χ3n) is 8.39. The predicted octanol–water partition coefficient (Wildman–Crippen LogP) is 4.83. The summed E-state index contributed by atoms with van der Waals surface area (Å²) >= 11 is 0. The van der Waals surface area contributed by atoms with E-state index in [1.165, 1.54) is 51.7 Å². The molecular weight excluding hydrogens is 711 g/mol. The molecule has 276 valence electrons. The van der Waals surface area contributed by atoms with E-state index in [-0.39, 0.29) is 28.4 Å². The van der Waals surface area contributed by atoms with E-state index in [2.05, 4.69) is 20.6 Å². The molecule has 6 rings (SSSR count). The van der Waals surface area contributed by atoms with Crippen molar-refractivity contribution in [3.05, 3.63) is 123 Å². The van der Waals surface area contributed by atoms with E-state index in [0.29, 0.717) is 43.6 Å². The summed E-state index contributed by atoms with van der Waals surface area (Å²) in [5, 5.41) is 5.64. The van der Waals surface area contributed by atoms with E-state index < -0.39 is 44.9 Å². The van der Waals surface area contributed by atoms with Crippen LogP contribution in [-0.2, 0) is 10.0 Å². The number of pyridine rings is 2. The van der Waals surface area contributed by atoms with Crippen molar-refractivity contribution in [3.63, 3.8) is 0 Å². The number of benzene rings is 2. The van der Waals surface area contributed by atoms with Gasteiger partial charge in [0.15, 0.2) is 11.6 Å². The number of hydrogen-bond acceptors (Lipinski definition) is 10. The third kappa shape index (κ3) is 8.42. The Balaban J connectivity index is 1.16. The molecule has 0 atom stereocenters. The zero-order chi connectivity index (χ0) is 38.0. The SMILES string of the molecule is Cc1cc(Nc2cc(Oc3ccc(NC(=O)c4cn(C(C)C)c(=O)n(-c5ccc(F)cc5)c4=O)cc3F)ccn2)nc(N2CCN(S(C)(=O)=O)CC2)c1. The molecule has 17 heteroatoms. The van der Waals surface area contributed by atoms with Crippen molar-refractivity contribution < 1.29 is 26.7 Å². The van der Waals surface area contributed by atoms with Gasteiger partial charge in [-0.1, -0.05) is 0 Å². The molecule has 0 saturated carbocycles. The minimum absolute atomic E-state index is 0.0195. The van der Waals surface area contributed by atoms with Crippen LogP contribution in [0.4, 0.5) is 31.9 Å². The van der Waals surface area contributed by atoms with Gasteiger partial charge in [0.2, 0.25) is 10.0 Å². The second-order valence-corrected chi connectivity index (χ2v) is 14.7. The molecule has 1 aliphatic heterocycles. The van der Waals surface area contributed by atoms with Gasteiger partial charge >= 0.3 is 5.69 Å². The van der Waals surface area contributed by atoms with Crippen molar-refractivity contribution in [1.29, 1.82) is 0 Å². The smallest absolute Gasteiger partial charge is 0.335 e. The Morgan fingerprint density at radius 2 is 1.64 bits per heavy atom. The number of aromatic nitrogens is 4. The first-order chi connectivity index (χ1) is 25.2. The Morgan fingerprint density at radius 3 is 2.30 bits per heavy atom. The van der Waals surface area contributed by atoms with Crippen LogP contribution in [0.25, 0.3) is 5.69 Å². The molecule has 2 aromatic carbocycles. The molecule has 0 radical (unpaired) electrons. The van der Waals surface area contributed by atoms with Crippen LogP contribution in [0.15, 0.2) is 88.7 Å². The fourth-order valence-corrected chi connectivity index (χ4v) is 6.53. The second kappa shape index (κ2) is 15.0. The fraction of sp³-hybridized carbons (Fsp3) is 0.250. The Kier molecular flexibility index (Phi) is 10.4. The third-order valence-corrected chi connectivity index (χ3v) is 9.70. The number of piperazine rings is 1. The molecule has 3 aromatic heterocycles. The molecule has 53 heavy (non-hydrogen) atoms. The normalized spacial score (nSPS) is 13.6. The zero-order valence-corrected chi connectivity index (χ0v) is 30.0. The molecule has 0 spiro atoms. The van der Waals surface area contributed by atoms with Crippen molar-refractivity contribution in [2.45, 2.75) is 26.8 Å². The van der Waals surface area contributed by atoms with Crippen molar-refractivity contribution in [3.8, 4) is 17.2 Å². The number of nitrogens with one attached hydrogen (secondary N) is 2. The maximum Gasteiger partial charge on any atom is 0.335 e. The van der Waals surface area contributed by atoms with Gasteiger partial charge in [-0.2, -0.15) is 4.31 Å². The summed E-state index contributed by atoms with van der Waals surface area (Å²) in [4.78, 5) is 50.8. The summed E-state index contributed by atoms with van der Waals surface area (Å²) < 4.78 is 61.9. The van der Waals surface area contributed by atoms with Crippen molar-refractivity contribution in [1.82, 2.24) is 23.4 Å². The van der Waals surface area contributed by atoms with Gasteiger partial charge in [-0.3, -0.25) is 14.2 Å². The van der Waals surface area contributed by atoms with Crippen molar-refractivity contribution in [2.75, 3.05) is 48.0 Å². The number of sulfonamides is 1. The lowest BCUT2D eigenvalue weighted by Crippen LogP contribution is -2.48. The van der Waals surface area contributed by atoms with E-state index in [9.17, 15) is 27.2 Å². The lowest BCUT2D eigenvalue weighted by molar-refractivity contribution is 0.102. The van der Waals surface area contributed by atoms with Gasteiger partial charge in [-0.25, -0.2) is 36.5 Å². The number of rotatable bonds is 10. The molecule has 1 saturated heterocycles. The topological polar surface area (TPSA) is 161 Å². The maximum atomic E-state index is 15.3. The summed E-state index contributed by atoms with van der Waals surface area (Å²) in [5.74, 6) is -0.626. The molecular formula is C36H36F2N8O6S. The molecule has 0 aliphatic carbocycles. The van der Waals surface area contributed by atoms with Gasteiger partial charge in [-0.15, -0.1) is 0 Å². The Morgan fingerprint density at radius 1 is 0.925 bits per heavy atom. The quantitative estimate of drug-likeness (QED) is 0.203. The molecule has 14 nitrogen and oxygen atoms in total. The van der Waals surface area contributed by atoms with Crippen molar-refractivity contribution >= 4 is 39.1 Å². The summed E-state index contributed by atoms with van der Waals surface area (Å²) in [6, 6.07) is 14.8. The summed E-state index contributed by atoms with van der Waals surface area (Å²) in [6.45, 7) is 7.00. The number of halogens is 2. The first kappa shape index (κ1) is 36.8. The number of amides is 1. The van der Waals surface area contributed by atoms with Crippen molar-refractivity contribution in [2.24, 2.45) is 0 Å². The minimum Gasteiger partial charge on any atom is -0.454 e. The van der Waals surface area contributed by atoms with E-state index in [4.69, 9.17) is 4.74 Å². The van der Waals surface area contributed by atoms with Crippen LogP contribution in [0.3, 0.4) is 0 Å². The highest BCUT2D eigenvalue weighted by Crippen LogP contribution is 2.29. The molecule has 4 heterocycles.